The Labute approximate surface area is 116 Å². The van der Waals surface area contributed by atoms with Crippen LogP contribution in [0, 0.1) is 6.92 Å². The van der Waals surface area contributed by atoms with E-state index in [4.69, 9.17) is 9.15 Å². The molecule has 0 N–H and O–H groups in total. The van der Waals surface area contributed by atoms with Crippen molar-refractivity contribution in [2.45, 2.75) is 27.0 Å². The lowest BCUT2D eigenvalue weighted by molar-refractivity contribution is 0.0559. The molecule has 0 unspecified atom stereocenters. The molecule has 0 spiro atoms. The first kappa shape index (κ1) is 14.3. The van der Waals surface area contributed by atoms with E-state index < -0.39 is 5.97 Å². The number of methoxy groups -OCH3 is 2. The number of aryl methyl sites for hydroxylation is 2. The van der Waals surface area contributed by atoms with Gasteiger partial charge in [-0.15, -0.1) is 0 Å². The Morgan fingerprint density at radius 1 is 1.45 bits per heavy atom. The summed E-state index contributed by atoms with van der Waals surface area (Å²) < 4.78 is 17.0. The Bertz CT molecular complexity index is 615. The maximum atomic E-state index is 11.7. The third-order valence-electron chi connectivity index (χ3n) is 2.77. The minimum absolute atomic E-state index is 0.0610. The fraction of sp³-hybridized carbons (Fsp3) is 0.462. The predicted molar refractivity (Wildman–Crippen MR) is 70.2 cm³/mol. The Kier molecular flexibility index (Phi) is 4.19. The highest BCUT2D eigenvalue weighted by molar-refractivity contribution is 5.87. The predicted octanol–water partition coefficient (Wildman–Crippen LogP) is 1.80. The van der Waals surface area contributed by atoms with Crippen molar-refractivity contribution in [3.05, 3.63) is 23.2 Å². The number of ether oxygens (including phenoxy) is 2. The van der Waals surface area contributed by atoms with Crippen LogP contribution in [-0.2, 0) is 22.6 Å². The second kappa shape index (κ2) is 5.87. The van der Waals surface area contributed by atoms with Gasteiger partial charge in [-0.1, -0.05) is 0 Å². The summed E-state index contributed by atoms with van der Waals surface area (Å²) in [5.41, 5.74) is 1.99. The molecular weight excluding hydrogens is 262 g/mol. The van der Waals surface area contributed by atoms with Crippen molar-refractivity contribution >= 4 is 5.97 Å². The molecule has 108 valence electrons. The van der Waals surface area contributed by atoms with Crippen LogP contribution in [0.2, 0.25) is 0 Å². The van der Waals surface area contributed by atoms with E-state index in [1.54, 1.807) is 4.68 Å². The van der Waals surface area contributed by atoms with E-state index in [2.05, 4.69) is 14.8 Å². The van der Waals surface area contributed by atoms with E-state index in [-0.39, 0.29) is 12.4 Å². The molecule has 2 heterocycles. The monoisotopic (exact) mass is 279 g/mol. The lowest BCUT2D eigenvalue weighted by Crippen LogP contribution is -2.04. The first-order valence-electron chi connectivity index (χ1n) is 6.22. The number of hydrogen-bond donors (Lipinski definition) is 0. The van der Waals surface area contributed by atoms with Gasteiger partial charge in [-0.25, -0.2) is 9.78 Å². The van der Waals surface area contributed by atoms with E-state index in [1.807, 2.05) is 19.9 Å². The Morgan fingerprint density at radius 3 is 2.80 bits per heavy atom. The summed E-state index contributed by atoms with van der Waals surface area (Å²) in [7, 11) is 2.82. The second-order valence-electron chi connectivity index (χ2n) is 4.21. The molecular formula is C13H17N3O4. The van der Waals surface area contributed by atoms with E-state index in [0.717, 1.165) is 11.4 Å². The van der Waals surface area contributed by atoms with Crippen molar-refractivity contribution in [3.63, 3.8) is 0 Å². The van der Waals surface area contributed by atoms with Gasteiger partial charge in [0.1, 0.15) is 11.4 Å². The minimum atomic E-state index is -0.574. The van der Waals surface area contributed by atoms with Gasteiger partial charge in [0.25, 0.3) is 0 Å². The van der Waals surface area contributed by atoms with Crippen molar-refractivity contribution in [2.75, 3.05) is 14.2 Å². The molecule has 2 aromatic heterocycles. The number of oxazole rings is 1. The maximum absolute atomic E-state index is 11.7. The molecule has 0 amide bonds. The summed E-state index contributed by atoms with van der Waals surface area (Å²) >= 11 is 0. The van der Waals surface area contributed by atoms with Crippen LogP contribution in [0.25, 0.3) is 11.6 Å². The van der Waals surface area contributed by atoms with Crippen LogP contribution < -0.4 is 0 Å². The standard InChI is InChI=1S/C13H17N3O4/c1-5-16-10(6-8(2)15-16)12-14-9(7-18-3)11(20-12)13(17)19-4/h6H,5,7H2,1-4H3. The number of carbonyl (C=O) groups excluding carboxylic acids is 1. The average molecular weight is 279 g/mol. The minimum Gasteiger partial charge on any atom is -0.463 e. The van der Waals surface area contributed by atoms with Crippen molar-refractivity contribution in [3.8, 4) is 11.6 Å². The molecule has 20 heavy (non-hydrogen) atoms. The van der Waals surface area contributed by atoms with Gasteiger partial charge in [-0.3, -0.25) is 4.68 Å². The van der Waals surface area contributed by atoms with E-state index in [0.29, 0.717) is 18.1 Å². The summed E-state index contributed by atoms with van der Waals surface area (Å²) in [6.07, 6.45) is 0. The maximum Gasteiger partial charge on any atom is 0.376 e. The molecule has 7 nitrogen and oxygen atoms in total. The first-order valence-corrected chi connectivity index (χ1v) is 6.22. The molecule has 0 radical (unpaired) electrons. The number of aromatic nitrogens is 3. The van der Waals surface area contributed by atoms with Crippen LogP contribution in [0.15, 0.2) is 10.5 Å². The number of hydrogen-bond acceptors (Lipinski definition) is 6. The number of nitrogens with zero attached hydrogens (tertiary/aromatic N) is 3. The molecule has 0 bridgehead atoms. The van der Waals surface area contributed by atoms with Crippen molar-refractivity contribution in [2.24, 2.45) is 0 Å². The smallest absolute Gasteiger partial charge is 0.376 e. The molecule has 0 aromatic carbocycles. The van der Waals surface area contributed by atoms with Crippen LogP contribution in [-0.4, -0.2) is 35.0 Å². The summed E-state index contributed by atoms with van der Waals surface area (Å²) in [5, 5.41) is 4.32. The van der Waals surface area contributed by atoms with E-state index >= 15 is 0 Å². The summed E-state index contributed by atoms with van der Waals surface area (Å²) in [5.74, 6) is -0.180. The molecule has 2 aromatic rings. The van der Waals surface area contributed by atoms with Gasteiger partial charge in [0.2, 0.25) is 11.7 Å². The lowest BCUT2D eigenvalue weighted by Gasteiger charge is -1.99. The van der Waals surface area contributed by atoms with Crippen LogP contribution in [0.1, 0.15) is 28.9 Å². The second-order valence-corrected chi connectivity index (χ2v) is 4.21. The van der Waals surface area contributed by atoms with Crippen molar-refractivity contribution < 1.29 is 18.7 Å². The van der Waals surface area contributed by atoms with Gasteiger partial charge < -0.3 is 13.9 Å². The van der Waals surface area contributed by atoms with Crippen molar-refractivity contribution in [1.82, 2.24) is 14.8 Å². The third kappa shape index (κ3) is 2.57. The largest absolute Gasteiger partial charge is 0.463 e. The molecule has 0 saturated heterocycles. The molecule has 2 rings (SSSR count). The summed E-state index contributed by atoms with van der Waals surface area (Å²) in [4.78, 5) is 16.0. The normalized spacial score (nSPS) is 10.8. The van der Waals surface area contributed by atoms with Gasteiger partial charge >= 0.3 is 5.97 Å². The Hall–Kier alpha value is -2.15. The van der Waals surface area contributed by atoms with E-state index in [9.17, 15) is 4.79 Å². The van der Waals surface area contributed by atoms with Crippen LogP contribution >= 0.6 is 0 Å². The highest BCUT2D eigenvalue weighted by Crippen LogP contribution is 2.24. The SMILES string of the molecule is CCn1nc(C)cc1-c1nc(COC)c(C(=O)OC)o1. The highest BCUT2D eigenvalue weighted by Gasteiger charge is 2.23. The Balaban J connectivity index is 2.49. The van der Waals surface area contributed by atoms with Gasteiger partial charge in [0.05, 0.1) is 19.4 Å². The molecule has 0 saturated carbocycles. The number of rotatable bonds is 5. The van der Waals surface area contributed by atoms with Gasteiger partial charge in [-0.2, -0.15) is 5.10 Å². The quantitative estimate of drug-likeness (QED) is 0.776. The van der Waals surface area contributed by atoms with Gasteiger partial charge in [-0.05, 0) is 19.9 Å². The highest BCUT2D eigenvalue weighted by atomic mass is 16.5. The number of esters is 1. The lowest BCUT2D eigenvalue weighted by atomic mass is 10.3. The topological polar surface area (TPSA) is 79.4 Å². The first-order chi connectivity index (χ1) is 9.60. The molecule has 0 fully saturated rings. The zero-order valence-corrected chi connectivity index (χ0v) is 12.0. The number of carbonyl (C=O) groups is 1. The van der Waals surface area contributed by atoms with Crippen LogP contribution in [0.5, 0.6) is 0 Å². The Morgan fingerprint density at radius 2 is 2.20 bits per heavy atom. The van der Waals surface area contributed by atoms with Crippen LogP contribution in [0.3, 0.4) is 0 Å². The zero-order chi connectivity index (χ0) is 14.7. The third-order valence-corrected chi connectivity index (χ3v) is 2.77. The van der Waals surface area contributed by atoms with Crippen LogP contribution in [0.4, 0.5) is 0 Å². The summed E-state index contributed by atoms with van der Waals surface area (Å²) in [6, 6.07) is 1.85. The fourth-order valence-corrected chi connectivity index (χ4v) is 1.91. The van der Waals surface area contributed by atoms with E-state index in [1.165, 1.54) is 14.2 Å². The fourth-order valence-electron chi connectivity index (χ4n) is 1.91. The molecule has 0 atom stereocenters. The molecule has 0 aliphatic carbocycles. The molecule has 0 aliphatic rings. The molecule has 7 heteroatoms. The van der Waals surface area contributed by atoms with Gasteiger partial charge in [0.15, 0.2) is 0 Å². The van der Waals surface area contributed by atoms with Gasteiger partial charge in [0, 0.05) is 13.7 Å². The zero-order valence-electron chi connectivity index (χ0n) is 12.0. The molecule has 0 aliphatic heterocycles. The average Bonchev–Trinajstić information content (AvgIpc) is 3.01. The summed E-state index contributed by atoms with van der Waals surface area (Å²) in [6.45, 7) is 4.71. The van der Waals surface area contributed by atoms with Crippen molar-refractivity contribution in [1.29, 1.82) is 0 Å².